The molecule has 2 aliphatic rings. The molecular formula is C51H31F2N. The summed E-state index contributed by atoms with van der Waals surface area (Å²) in [6, 6.07) is 63.6. The van der Waals surface area contributed by atoms with E-state index >= 15 is 8.78 Å². The highest BCUT2D eigenvalue weighted by atomic mass is 19.1. The van der Waals surface area contributed by atoms with Gasteiger partial charge in [0.25, 0.3) is 0 Å². The summed E-state index contributed by atoms with van der Waals surface area (Å²) >= 11 is 0. The third kappa shape index (κ3) is 4.30. The van der Waals surface area contributed by atoms with Crippen LogP contribution in [0.3, 0.4) is 0 Å². The van der Waals surface area contributed by atoms with Crippen molar-refractivity contribution in [2.45, 2.75) is 5.41 Å². The van der Waals surface area contributed by atoms with Crippen molar-refractivity contribution >= 4 is 38.6 Å². The second-order valence-electron chi connectivity index (χ2n) is 14.3. The first-order valence-electron chi connectivity index (χ1n) is 18.3. The van der Waals surface area contributed by atoms with E-state index in [2.05, 4.69) is 138 Å². The molecule has 3 heteroatoms. The largest absolute Gasteiger partial charge is 0.310 e. The minimum atomic E-state index is -0.912. The molecule has 9 aromatic carbocycles. The molecule has 0 aliphatic heterocycles. The van der Waals surface area contributed by atoms with Crippen LogP contribution in [0, 0.1) is 11.6 Å². The maximum absolute atomic E-state index is 15.5. The predicted octanol–water partition coefficient (Wildman–Crippen LogP) is 13.8. The molecule has 0 amide bonds. The molecule has 1 nitrogen and oxygen atoms in total. The van der Waals surface area contributed by atoms with Gasteiger partial charge in [0, 0.05) is 16.8 Å². The van der Waals surface area contributed by atoms with Gasteiger partial charge in [0.05, 0.1) is 11.1 Å². The Labute approximate surface area is 312 Å². The molecule has 0 radical (unpaired) electrons. The van der Waals surface area contributed by atoms with Crippen molar-refractivity contribution in [1.29, 1.82) is 0 Å². The Kier molecular flexibility index (Phi) is 6.60. The number of anilines is 3. The van der Waals surface area contributed by atoms with Crippen LogP contribution in [0.1, 0.15) is 22.3 Å². The Hall–Kier alpha value is -6.84. The van der Waals surface area contributed by atoms with Crippen LogP contribution in [0.25, 0.3) is 54.9 Å². The van der Waals surface area contributed by atoms with E-state index in [4.69, 9.17) is 0 Å². The van der Waals surface area contributed by atoms with E-state index in [0.717, 1.165) is 83.5 Å². The first-order valence-corrected chi connectivity index (χ1v) is 18.3. The Morgan fingerprint density at radius 2 is 0.926 bits per heavy atom. The number of halogens is 2. The zero-order chi connectivity index (χ0) is 36.0. The highest BCUT2D eigenvalue weighted by Crippen LogP contribution is 2.63. The summed E-state index contributed by atoms with van der Waals surface area (Å²) in [7, 11) is 0. The van der Waals surface area contributed by atoms with Crippen molar-refractivity contribution in [2.24, 2.45) is 0 Å². The molecular weight excluding hydrogens is 665 g/mol. The van der Waals surface area contributed by atoms with E-state index in [1.807, 2.05) is 30.3 Å². The number of nitrogens with zero attached hydrogens (tertiary/aromatic N) is 1. The van der Waals surface area contributed by atoms with Crippen LogP contribution in [0.4, 0.5) is 25.8 Å². The van der Waals surface area contributed by atoms with Gasteiger partial charge in [-0.3, -0.25) is 0 Å². The van der Waals surface area contributed by atoms with E-state index in [1.165, 1.54) is 22.9 Å². The Morgan fingerprint density at radius 3 is 1.69 bits per heavy atom. The number of fused-ring (bicyclic) bond motifs is 13. The fourth-order valence-electron chi connectivity index (χ4n) is 9.34. The first kappa shape index (κ1) is 30.8. The topological polar surface area (TPSA) is 3.24 Å². The average Bonchev–Trinajstić information content (AvgIpc) is 3.67. The van der Waals surface area contributed by atoms with Crippen molar-refractivity contribution in [3.8, 4) is 33.4 Å². The van der Waals surface area contributed by atoms with E-state index in [9.17, 15) is 0 Å². The van der Waals surface area contributed by atoms with Crippen LogP contribution < -0.4 is 4.90 Å². The zero-order valence-corrected chi connectivity index (χ0v) is 29.1. The van der Waals surface area contributed by atoms with Gasteiger partial charge in [-0.25, -0.2) is 8.78 Å². The van der Waals surface area contributed by atoms with Crippen LogP contribution in [0.15, 0.2) is 188 Å². The van der Waals surface area contributed by atoms with Crippen molar-refractivity contribution in [2.75, 3.05) is 4.90 Å². The standard InChI is InChI=1S/C51H31F2N/c52-36-21-26-42-43-27-22-37(53)30-47(43)51(46(42)29-36)45-15-7-6-14-41(45)44-28-25-39(31-48(44)51)54(38-23-19-33(20-24-38)32-9-2-1-3-10-32)49-16-8-12-35-18-17-34-11-4-5-13-40(34)50(35)49/h1-31H. The predicted molar refractivity (Wildman–Crippen MR) is 218 cm³/mol. The molecule has 0 saturated heterocycles. The quantitative estimate of drug-likeness (QED) is 0.166. The van der Waals surface area contributed by atoms with Crippen LogP contribution in [0.2, 0.25) is 0 Å². The van der Waals surface area contributed by atoms with Gasteiger partial charge in [-0.1, -0.05) is 133 Å². The second kappa shape index (κ2) is 11.6. The molecule has 1 spiro atoms. The highest BCUT2D eigenvalue weighted by Gasteiger charge is 2.52. The number of rotatable bonds is 4. The molecule has 254 valence electrons. The molecule has 0 saturated carbocycles. The molecule has 54 heavy (non-hydrogen) atoms. The van der Waals surface area contributed by atoms with Gasteiger partial charge in [-0.15, -0.1) is 0 Å². The monoisotopic (exact) mass is 695 g/mol. The van der Waals surface area contributed by atoms with Crippen molar-refractivity contribution < 1.29 is 8.78 Å². The fraction of sp³-hybridized carbons (Fsp3) is 0.0196. The molecule has 9 aromatic rings. The molecule has 0 N–H and O–H groups in total. The van der Waals surface area contributed by atoms with E-state index < -0.39 is 5.41 Å². The van der Waals surface area contributed by atoms with Crippen molar-refractivity contribution in [3.63, 3.8) is 0 Å². The highest BCUT2D eigenvalue weighted by molar-refractivity contribution is 6.15. The lowest BCUT2D eigenvalue weighted by Gasteiger charge is -2.32. The summed E-state index contributed by atoms with van der Waals surface area (Å²) < 4.78 is 30.9. The summed E-state index contributed by atoms with van der Waals surface area (Å²) in [5, 5.41) is 4.64. The normalized spacial score (nSPS) is 13.1. The SMILES string of the molecule is Fc1ccc2c(c1)C1(c3ccccc3-c3ccc(N(c4ccc(-c5ccccc5)cc4)c4cccc5ccc6ccccc6c45)cc31)c1cc(F)ccc1-2. The van der Waals surface area contributed by atoms with E-state index in [0.29, 0.717) is 0 Å². The van der Waals surface area contributed by atoms with Gasteiger partial charge in [0.2, 0.25) is 0 Å². The minimum Gasteiger partial charge on any atom is -0.310 e. The first-order chi connectivity index (χ1) is 26.6. The summed E-state index contributed by atoms with van der Waals surface area (Å²) in [6.07, 6.45) is 0. The molecule has 0 fully saturated rings. The molecule has 11 rings (SSSR count). The summed E-state index contributed by atoms with van der Waals surface area (Å²) in [5.41, 5.74) is 12.1. The maximum Gasteiger partial charge on any atom is 0.123 e. The van der Waals surface area contributed by atoms with Gasteiger partial charge >= 0.3 is 0 Å². The number of hydrogen-bond acceptors (Lipinski definition) is 1. The van der Waals surface area contributed by atoms with Gasteiger partial charge in [-0.2, -0.15) is 0 Å². The smallest absolute Gasteiger partial charge is 0.123 e. The third-order valence-corrected chi connectivity index (χ3v) is 11.6. The number of hydrogen-bond donors (Lipinski definition) is 0. The molecule has 0 bridgehead atoms. The minimum absolute atomic E-state index is 0.314. The van der Waals surface area contributed by atoms with Crippen molar-refractivity contribution in [1.82, 2.24) is 0 Å². The summed E-state index contributed by atoms with van der Waals surface area (Å²) in [5.74, 6) is -0.627. The lowest BCUT2D eigenvalue weighted by atomic mass is 9.70. The van der Waals surface area contributed by atoms with Crippen molar-refractivity contribution in [3.05, 3.63) is 222 Å². The lowest BCUT2D eigenvalue weighted by molar-refractivity contribution is 0.618. The van der Waals surface area contributed by atoms with Crippen LogP contribution in [-0.2, 0) is 5.41 Å². The van der Waals surface area contributed by atoms with E-state index in [1.54, 1.807) is 12.1 Å². The molecule has 0 atom stereocenters. The molecule has 0 heterocycles. The van der Waals surface area contributed by atoms with Crippen LogP contribution in [-0.4, -0.2) is 0 Å². The Morgan fingerprint density at radius 1 is 0.370 bits per heavy atom. The molecule has 2 aliphatic carbocycles. The molecule has 0 aromatic heterocycles. The van der Waals surface area contributed by atoms with Gasteiger partial charge in [-0.05, 0) is 126 Å². The summed E-state index contributed by atoms with van der Waals surface area (Å²) in [4.78, 5) is 2.34. The Bertz CT molecular complexity index is 2910. The Balaban J connectivity index is 1.21. The summed E-state index contributed by atoms with van der Waals surface area (Å²) in [6.45, 7) is 0. The van der Waals surface area contributed by atoms with Gasteiger partial charge in [0.15, 0.2) is 0 Å². The number of benzene rings is 9. The van der Waals surface area contributed by atoms with Gasteiger partial charge < -0.3 is 4.90 Å². The fourth-order valence-corrected chi connectivity index (χ4v) is 9.34. The van der Waals surface area contributed by atoms with Gasteiger partial charge in [0.1, 0.15) is 11.6 Å². The second-order valence-corrected chi connectivity index (χ2v) is 14.3. The average molecular weight is 696 g/mol. The van der Waals surface area contributed by atoms with Crippen LogP contribution >= 0.6 is 0 Å². The maximum atomic E-state index is 15.5. The zero-order valence-electron chi connectivity index (χ0n) is 29.1. The third-order valence-electron chi connectivity index (χ3n) is 11.6. The van der Waals surface area contributed by atoms with E-state index in [-0.39, 0.29) is 11.6 Å². The van der Waals surface area contributed by atoms with Crippen LogP contribution in [0.5, 0.6) is 0 Å². The molecule has 0 unspecified atom stereocenters. The lowest BCUT2D eigenvalue weighted by Crippen LogP contribution is -2.26.